The second-order valence-electron chi connectivity index (χ2n) is 3.05. The summed E-state index contributed by atoms with van der Waals surface area (Å²) in [4.78, 5) is 8.24. The third kappa shape index (κ3) is 1.78. The van der Waals surface area contributed by atoms with E-state index in [1.54, 1.807) is 18.5 Å². The van der Waals surface area contributed by atoms with Gasteiger partial charge in [0.2, 0.25) is 0 Å². The summed E-state index contributed by atoms with van der Waals surface area (Å²) in [6.07, 6.45) is 3.47. The van der Waals surface area contributed by atoms with Crippen LogP contribution in [-0.4, -0.2) is 14.5 Å². The smallest absolute Gasteiger partial charge is 0.160 e. The molecule has 0 aliphatic heterocycles. The molecule has 78 valence electrons. The van der Waals surface area contributed by atoms with E-state index in [2.05, 4.69) is 9.97 Å². The average Bonchev–Trinajstić information content (AvgIpc) is 2.58. The van der Waals surface area contributed by atoms with Gasteiger partial charge in [0.25, 0.3) is 0 Å². The topological polar surface area (TPSA) is 56.7 Å². The van der Waals surface area contributed by atoms with Crippen LogP contribution in [0, 0.1) is 0 Å². The summed E-state index contributed by atoms with van der Waals surface area (Å²) in [5, 5.41) is 0.779. The van der Waals surface area contributed by atoms with Gasteiger partial charge in [-0.1, -0.05) is 23.2 Å². The van der Waals surface area contributed by atoms with Crippen LogP contribution in [0.5, 0.6) is 0 Å². The first-order valence-corrected chi connectivity index (χ1v) is 4.94. The summed E-state index contributed by atoms with van der Waals surface area (Å²) in [5.41, 5.74) is 6.14. The minimum atomic E-state index is 0.249. The standard InChI is InChI=1S/C9H8Cl2N4/c1-15-3-2-13-9(15)7-5(10)4-6(11)8(12)14-7/h2-4H,1H3,(H2,12,14). The summed E-state index contributed by atoms with van der Waals surface area (Å²) in [6.45, 7) is 0. The fourth-order valence-corrected chi connectivity index (χ4v) is 1.67. The fraction of sp³-hybridized carbons (Fsp3) is 0.111. The summed E-state index contributed by atoms with van der Waals surface area (Å²) >= 11 is 11.8. The lowest BCUT2D eigenvalue weighted by Crippen LogP contribution is -1.99. The van der Waals surface area contributed by atoms with Crippen molar-refractivity contribution in [1.82, 2.24) is 14.5 Å². The molecule has 0 unspecified atom stereocenters. The van der Waals surface area contributed by atoms with Crippen LogP contribution >= 0.6 is 23.2 Å². The third-order valence-electron chi connectivity index (χ3n) is 1.99. The van der Waals surface area contributed by atoms with Gasteiger partial charge in [-0.3, -0.25) is 0 Å². The maximum atomic E-state index is 6.01. The highest BCUT2D eigenvalue weighted by Crippen LogP contribution is 2.29. The number of hydrogen-bond acceptors (Lipinski definition) is 3. The number of hydrogen-bond donors (Lipinski definition) is 1. The van der Waals surface area contributed by atoms with Gasteiger partial charge < -0.3 is 10.3 Å². The van der Waals surface area contributed by atoms with Crippen LogP contribution in [0.2, 0.25) is 10.0 Å². The summed E-state index contributed by atoms with van der Waals surface area (Å²) < 4.78 is 1.81. The van der Waals surface area contributed by atoms with E-state index in [-0.39, 0.29) is 5.82 Å². The number of aromatic nitrogens is 3. The second-order valence-corrected chi connectivity index (χ2v) is 3.86. The fourth-order valence-electron chi connectivity index (χ4n) is 1.23. The van der Waals surface area contributed by atoms with Crippen molar-refractivity contribution in [1.29, 1.82) is 0 Å². The highest BCUT2D eigenvalue weighted by molar-refractivity contribution is 6.37. The van der Waals surface area contributed by atoms with Crippen molar-refractivity contribution in [3.8, 4) is 11.5 Å². The van der Waals surface area contributed by atoms with Crippen molar-refractivity contribution in [3.63, 3.8) is 0 Å². The van der Waals surface area contributed by atoms with Crippen molar-refractivity contribution in [2.45, 2.75) is 0 Å². The van der Waals surface area contributed by atoms with Crippen LogP contribution < -0.4 is 5.73 Å². The Balaban J connectivity index is 2.64. The molecule has 2 aromatic rings. The number of aryl methyl sites for hydroxylation is 1. The predicted molar refractivity (Wildman–Crippen MR) is 60.9 cm³/mol. The van der Waals surface area contributed by atoms with Gasteiger partial charge in [0.05, 0.1) is 10.0 Å². The molecular weight excluding hydrogens is 235 g/mol. The van der Waals surface area contributed by atoms with Gasteiger partial charge in [-0.2, -0.15) is 0 Å². The lowest BCUT2D eigenvalue weighted by Gasteiger charge is -2.05. The molecule has 0 aromatic carbocycles. The van der Waals surface area contributed by atoms with Crippen molar-refractivity contribution in [2.24, 2.45) is 7.05 Å². The van der Waals surface area contributed by atoms with E-state index in [4.69, 9.17) is 28.9 Å². The van der Waals surface area contributed by atoms with Gasteiger partial charge in [-0.25, -0.2) is 9.97 Å². The summed E-state index contributed by atoms with van der Waals surface area (Å²) in [6, 6.07) is 1.56. The molecule has 0 bridgehead atoms. The summed E-state index contributed by atoms with van der Waals surface area (Å²) in [7, 11) is 1.85. The number of nitrogens with zero attached hydrogens (tertiary/aromatic N) is 3. The second kappa shape index (κ2) is 3.72. The number of halogens is 2. The monoisotopic (exact) mass is 242 g/mol. The van der Waals surface area contributed by atoms with E-state index in [0.717, 1.165) is 0 Å². The van der Waals surface area contributed by atoms with Crippen LogP contribution in [0.4, 0.5) is 5.82 Å². The summed E-state index contributed by atoms with van der Waals surface area (Å²) in [5.74, 6) is 0.905. The van der Waals surface area contributed by atoms with Crippen molar-refractivity contribution in [2.75, 3.05) is 5.73 Å². The zero-order valence-electron chi connectivity index (χ0n) is 7.91. The van der Waals surface area contributed by atoms with Gasteiger partial charge in [-0.05, 0) is 6.07 Å². The maximum Gasteiger partial charge on any atom is 0.160 e. The number of pyridine rings is 1. The van der Waals surface area contributed by atoms with Crippen LogP contribution in [0.25, 0.3) is 11.5 Å². The number of nitrogens with two attached hydrogens (primary N) is 1. The Morgan fingerprint density at radius 3 is 2.67 bits per heavy atom. The Labute approximate surface area is 96.7 Å². The quantitative estimate of drug-likeness (QED) is 0.836. The Hall–Kier alpha value is -1.26. The molecule has 0 amide bonds. The Morgan fingerprint density at radius 1 is 1.33 bits per heavy atom. The van der Waals surface area contributed by atoms with Gasteiger partial charge in [0, 0.05) is 19.4 Å². The van der Waals surface area contributed by atoms with E-state index in [1.165, 1.54) is 0 Å². The number of rotatable bonds is 1. The molecule has 2 N–H and O–H groups in total. The molecule has 2 aromatic heterocycles. The van der Waals surface area contributed by atoms with Crippen molar-refractivity contribution in [3.05, 3.63) is 28.5 Å². The highest BCUT2D eigenvalue weighted by atomic mass is 35.5. The maximum absolute atomic E-state index is 6.01. The minimum absolute atomic E-state index is 0.249. The Morgan fingerprint density at radius 2 is 2.07 bits per heavy atom. The lowest BCUT2D eigenvalue weighted by molar-refractivity contribution is 0.918. The SMILES string of the molecule is Cn1ccnc1-c1nc(N)c(Cl)cc1Cl. The lowest BCUT2D eigenvalue weighted by atomic mass is 10.3. The van der Waals surface area contributed by atoms with Gasteiger partial charge in [-0.15, -0.1) is 0 Å². The number of nitrogen functional groups attached to an aromatic ring is 1. The van der Waals surface area contributed by atoms with E-state index in [1.807, 2.05) is 11.6 Å². The van der Waals surface area contributed by atoms with Gasteiger partial charge >= 0.3 is 0 Å². The molecule has 0 aliphatic rings. The Bertz CT molecular complexity index is 507. The first kappa shape index (κ1) is 10.3. The minimum Gasteiger partial charge on any atom is -0.382 e. The third-order valence-corrected chi connectivity index (χ3v) is 2.58. The normalized spacial score (nSPS) is 10.6. The van der Waals surface area contributed by atoms with Crippen molar-refractivity contribution < 1.29 is 0 Å². The van der Waals surface area contributed by atoms with Crippen LogP contribution in [-0.2, 0) is 7.05 Å². The average molecular weight is 243 g/mol. The van der Waals surface area contributed by atoms with Crippen LogP contribution in [0.15, 0.2) is 18.5 Å². The predicted octanol–water partition coefficient (Wildman–Crippen LogP) is 2.37. The molecule has 0 radical (unpaired) electrons. The number of anilines is 1. The molecule has 2 rings (SSSR count). The molecule has 0 atom stereocenters. The molecule has 0 aliphatic carbocycles. The molecule has 0 saturated heterocycles. The van der Waals surface area contributed by atoms with E-state index in [9.17, 15) is 0 Å². The number of imidazole rings is 1. The van der Waals surface area contributed by atoms with Crippen LogP contribution in [0.1, 0.15) is 0 Å². The zero-order valence-corrected chi connectivity index (χ0v) is 9.42. The molecule has 0 fully saturated rings. The molecule has 0 spiro atoms. The van der Waals surface area contributed by atoms with Crippen molar-refractivity contribution >= 4 is 29.0 Å². The molecule has 0 saturated carbocycles. The largest absolute Gasteiger partial charge is 0.382 e. The zero-order chi connectivity index (χ0) is 11.0. The van der Waals surface area contributed by atoms with Gasteiger partial charge in [0.15, 0.2) is 5.82 Å². The first-order valence-electron chi connectivity index (χ1n) is 4.19. The van der Waals surface area contributed by atoms with E-state index in [0.29, 0.717) is 21.6 Å². The molecule has 2 heterocycles. The van der Waals surface area contributed by atoms with Gasteiger partial charge in [0.1, 0.15) is 11.5 Å². The molecule has 15 heavy (non-hydrogen) atoms. The highest BCUT2D eigenvalue weighted by Gasteiger charge is 2.12. The molecule has 4 nitrogen and oxygen atoms in total. The molecular formula is C9H8Cl2N4. The molecule has 6 heteroatoms. The van der Waals surface area contributed by atoms with Crippen LogP contribution in [0.3, 0.4) is 0 Å². The van der Waals surface area contributed by atoms with E-state index < -0.39 is 0 Å². The van der Waals surface area contributed by atoms with E-state index >= 15 is 0 Å². The Kier molecular flexibility index (Phi) is 2.54. The first-order chi connectivity index (χ1) is 7.09.